The van der Waals surface area contributed by atoms with Gasteiger partial charge < -0.3 is 20.9 Å². The zero-order chi connectivity index (χ0) is 13.4. The van der Waals surface area contributed by atoms with E-state index in [9.17, 15) is 4.79 Å². The fraction of sp³-hybridized carbons (Fsp3) is 0.462. The van der Waals surface area contributed by atoms with E-state index in [0.717, 1.165) is 0 Å². The molecule has 0 unspecified atom stereocenters. The monoisotopic (exact) mass is 253 g/mol. The largest absolute Gasteiger partial charge is 0.492 e. The van der Waals surface area contributed by atoms with Crippen LogP contribution in [0, 0.1) is 0 Å². The highest BCUT2D eigenvalue weighted by Crippen LogP contribution is 2.23. The normalized spacial score (nSPS) is 10.2. The summed E-state index contributed by atoms with van der Waals surface area (Å²) < 4.78 is 10.9. The minimum absolute atomic E-state index is 0.0627. The van der Waals surface area contributed by atoms with Crippen LogP contribution in [0.5, 0.6) is 11.5 Å². The number of ether oxygens (including phenoxy) is 2. The molecule has 0 aromatic heterocycles. The summed E-state index contributed by atoms with van der Waals surface area (Å²) in [4.78, 5) is 11.7. The Morgan fingerprint density at radius 2 is 1.83 bits per heavy atom. The van der Waals surface area contributed by atoms with E-state index in [4.69, 9.17) is 15.2 Å². The molecule has 0 heterocycles. The minimum atomic E-state index is 0.0627. The maximum absolute atomic E-state index is 11.7. The number of hydrogen-bond acceptors (Lipinski definition) is 4. The average molecular weight is 253 g/mol. The van der Waals surface area contributed by atoms with Gasteiger partial charge in [-0.1, -0.05) is 6.92 Å². The summed E-state index contributed by atoms with van der Waals surface area (Å²) in [6.07, 6.45) is 0.453. The summed E-state index contributed by atoms with van der Waals surface area (Å²) in [7, 11) is 0. The standard InChI is InChI=1S/C13H20N2O3/c1-2-13(16)10-7-11(17-5-3-14)9-12(8-10)18-6-4-15/h7-9H,2-6,14-15H2,1H3/p+1. The summed E-state index contributed by atoms with van der Waals surface area (Å²) >= 11 is 0. The predicted molar refractivity (Wildman–Crippen MR) is 68.9 cm³/mol. The van der Waals surface area contributed by atoms with E-state index in [1.54, 1.807) is 18.2 Å². The van der Waals surface area contributed by atoms with Crippen LogP contribution in [0.4, 0.5) is 0 Å². The Kier molecular flexibility index (Phi) is 6.18. The van der Waals surface area contributed by atoms with Gasteiger partial charge in [0, 0.05) is 24.6 Å². The molecule has 0 aliphatic heterocycles. The lowest BCUT2D eigenvalue weighted by Crippen LogP contribution is -2.52. The number of nitrogens with two attached hydrogens (primary N) is 1. The van der Waals surface area contributed by atoms with E-state index in [2.05, 4.69) is 5.73 Å². The van der Waals surface area contributed by atoms with Crippen molar-refractivity contribution < 1.29 is 20.0 Å². The smallest absolute Gasteiger partial charge is 0.162 e. The Labute approximate surface area is 107 Å². The highest BCUT2D eigenvalue weighted by molar-refractivity contribution is 5.96. The number of carbonyl (C=O) groups excluding carboxylic acids is 1. The van der Waals surface area contributed by atoms with Crippen LogP contribution < -0.4 is 20.9 Å². The van der Waals surface area contributed by atoms with Crippen molar-refractivity contribution >= 4 is 5.78 Å². The lowest BCUT2D eigenvalue weighted by atomic mass is 10.1. The lowest BCUT2D eigenvalue weighted by molar-refractivity contribution is -0.370. The van der Waals surface area contributed by atoms with Crippen LogP contribution >= 0.6 is 0 Å². The van der Waals surface area contributed by atoms with Crippen molar-refractivity contribution in [3.8, 4) is 11.5 Å². The van der Waals surface area contributed by atoms with Crippen LogP contribution in [-0.2, 0) is 0 Å². The first-order chi connectivity index (χ1) is 8.71. The molecule has 0 bridgehead atoms. The van der Waals surface area contributed by atoms with Crippen LogP contribution in [-0.4, -0.2) is 32.1 Å². The lowest BCUT2D eigenvalue weighted by Gasteiger charge is -2.10. The molecular weight excluding hydrogens is 232 g/mol. The first kappa shape index (κ1) is 14.5. The second-order valence-corrected chi connectivity index (χ2v) is 3.81. The quantitative estimate of drug-likeness (QED) is 0.649. The molecule has 5 N–H and O–H groups in total. The Hall–Kier alpha value is -1.59. The molecule has 0 atom stereocenters. The molecule has 100 valence electrons. The van der Waals surface area contributed by atoms with E-state index < -0.39 is 0 Å². The summed E-state index contributed by atoms with van der Waals surface area (Å²) in [6, 6.07) is 5.22. The Balaban J connectivity index is 2.91. The molecule has 0 aliphatic carbocycles. The molecule has 0 fully saturated rings. The third-order valence-electron chi connectivity index (χ3n) is 2.32. The van der Waals surface area contributed by atoms with Crippen molar-refractivity contribution in [1.82, 2.24) is 0 Å². The van der Waals surface area contributed by atoms with Gasteiger partial charge >= 0.3 is 0 Å². The number of Topliss-reactive ketones (excluding diaryl/α,β-unsaturated/α-hetero) is 1. The number of ketones is 1. The highest BCUT2D eigenvalue weighted by atomic mass is 16.5. The summed E-state index contributed by atoms with van der Waals surface area (Å²) in [6.45, 7) is 3.86. The molecular formula is C13H21N2O3+. The van der Waals surface area contributed by atoms with Gasteiger partial charge in [0.1, 0.15) is 31.3 Å². The maximum atomic E-state index is 11.7. The molecule has 0 saturated carbocycles. The fourth-order valence-electron chi connectivity index (χ4n) is 1.47. The van der Waals surface area contributed by atoms with Gasteiger partial charge in [-0.2, -0.15) is 0 Å². The summed E-state index contributed by atoms with van der Waals surface area (Å²) in [5.41, 5.74) is 9.70. The Morgan fingerprint density at radius 3 is 2.33 bits per heavy atom. The van der Waals surface area contributed by atoms with Crippen LogP contribution in [0.15, 0.2) is 18.2 Å². The topological polar surface area (TPSA) is 89.2 Å². The van der Waals surface area contributed by atoms with Gasteiger partial charge in [-0.25, -0.2) is 0 Å². The van der Waals surface area contributed by atoms with Crippen molar-refractivity contribution in [3.63, 3.8) is 0 Å². The second kappa shape index (κ2) is 7.68. The van der Waals surface area contributed by atoms with Crippen LogP contribution in [0.25, 0.3) is 0 Å². The third-order valence-corrected chi connectivity index (χ3v) is 2.32. The maximum Gasteiger partial charge on any atom is 0.162 e. The van der Waals surface area contributed by atoms with Crippen LogP contribution in [0.3, 0.4) is 0 Å². The van der Waals surface area contributed by atoms with Crippen molar-refractivity contribution in [2.45, 2.75) is 13.3 Å². The second-order valence-electron chi connectivity index (χ2n) is 3.81. The summed E-state index contributed by atoms with van der Waals surface area (Å²) in [5.74, 6) is 1.30. The molecule has 0 aliphatic rings. The first-order valence-electron chi connectivity index (χ1n) is 6.14. The molecule has 5 heteroatoms. The van der Waals surface area contributed by atoms with Crippen molar-refractivity contribution in [1.29, 1.82) is 0 Å². The van der Waals surface area contributed by atoms with Crippen molar-refractivity contribution in [3.05, 3.63) is 23.8 Å². The number of hydrogen-bond donors (Lipinski definition) is 2. The summed E-state index contributed by atoms with van der Waals surface area (Å²) in [5, 5.41) is 0. The first-order valence-corrected chi connectivity index (χ1v) is 6.14. The number of quaternary nitrogens is 1. The average Bonchev–Trinajstić information content (AvgIpc) is 2.41. The van der Waals surface area contributed by atoms with Gasteiger partial charge in [0.05, 0.1) is 0 Å². The van der Waals surface area contributed by atoms with Gasteiger partial charge in [-0.15, -0.1) is 0 Å². The molecule has 0 radical (unpaired) electrons. The number of benzene rings is 1. The molecule has 1 aromatic rings. The molecule has 18 heavy (non-hydrogen) atoms. The zero-order valence-corrected chi connectivity index (χ0v) is 10.8. The van der Waals surface area contributed by atoms with Gasteiger partial charge in [-0.05, 0) is 12.1 Å². The SMILES string of the molecule is CCC(=O)c1cc(OCCN)cc(OCC[NH3+])c1. The molecule has 1 aromatic carbocycles. The van der Waals surface area contributed by atoms with E-state index in [1.807, 2.05) is 6.92 Å². The number of rotatable bonds is 8. The highest BCUT2D eigenvalue weighted by Gasteiger charge is 2.08. The number of carbonyl (C=O) groups is 1. The van der Waals surface area contributed by atoms with E-state index >= 15 is 0 Å². The molecule has 5 nitrogen and oxygen atoms in total. The zero-order valence-electron chi connectivity index (χ0n) is 10.8. The van der Waals surface area contributed by atoms with Crippen molar-refractivity contribution in [2.75, 3.05) is 26.3 Å². The third kappa shape index (κ3) is 4.35. The van der Waals surface area contributed by atoms with Crippen LogP contribution in [0.1, 0.15) is 23.7 Å². The molecule has 1 rings (SSSR count). The molecule has 0 amide bonds. The van der Waals surface area contributed by atoms with Gasteiger partial charge in [0.2, 0.25) is 0 Å². The van der Waals surface area contributed by atoms with Gasteiger partial charge in [0.15, 0.2) is 5.78 Å². The van der Waals surface area contributed by atoms with E-state index in [0.29, 0.717) is 49.8 Å². The molecule has 0 spiro atoms. The Bertz CT molecular complexity index is 368. The minimum Gasteiger partial charge on any atom is -0.492 e. The van der Waals surface area contributed by atoms with E-state index in [1.165, 1.54) is 0 Å². The van der Waals surface area contributed by atoms with Gasteiger partial charge in [-0.3, -0.25) is 4.79 Å². The predicted octanol–water partition coefficient (Wildman–Crippen LogP) is 0.238. The fourth-order valence-corrected chi connectivity index (χ4v) is 1.47. The Morgan fingerprint density at radius 1 is 1.22 bits per heavy atom. The van der Waals surface area contributed by atoms with Crippen molar-refractivity contribution in [2.24, 2.45) is 5.73 Å². The molecule has 0 saturated heterocycles. The van der Waals surface area contributed by atoms with Gasteiger partial charge in [0.25, 0.3) is 0 Å². The van der Waals surface area contributed by atoms with E-state index in [-0.39, 0.29) is 5.78 Å². The van der Waals surface area contributed by atoms with Crippen LogP contribution in [0.2, 0.25) is 0 Å².